The Kier molecular flexibility index (Phi) is 7.82. The summed E-state index contributed by atoms with van der Waals surface area (Å²) < 4.78 is 4.76. The van der Waals surface area contributed by atoms with Crippen LogP contribution in [-0.4, -0.2) is 53.2 Å². The minimum atomic E-state index is -1.23. The number of amides is 2. The third-order valence-electron chi connectivity index (χ3n) is 2.41. The summed E-state index contributed by atoms with van der Waals surface area (Å²) in [5, 5.41) is 11.2. The van der Waals surface area contributed by atoms with Crippen LogP contribution in [0.2, 0.25) is 0 Å². The number of hydrogen-bond donors (Lipinski definition) is 2. The van der Waals surface area contributed by atoms with Crippen LogP contribution in [0.15, 0.2) is 0 Å². The summed E-state index contributed by atoms with van der Waals surface area (Å²) >= 11 is 0. The molecule has 20 heavy (non-hydrogen) atoms. The molecule has 0 aromatic carbocycles. The molecule has 0 radical (unpaired) electrons. The number of carbonyl (C=O) groups excluding carboxylic acids is 2. The predicted molar refractivity (Wildman–Crippen MR) is 71.9 cm³/mol. The molecule has 0 aliphatic carbocycles. The summed E-state index contributed by atoms with van der Waals surface area (Å²) in [6, 6.07) is -2.15. The van der Waals surface area contributed by atoms with Crippen molar-refractivity contribution in [2.24, 2.45) is 0 Å². The number of esters is 1. The Labute approximate surface area is 118 Å². The predicted octanol–water partition coefficient (Wildman–Crippen LogP) is 0.446. The highest BCUT2D eigenvalue weighted by atomic mass is 16.5. The fourth-order valence-corrected chi connectivity index (χ4v) is 1.38. The van der Waals surface area contributed by atoms with E-state index in [1.807, 2.05) is 0 Å². The highest BCUT2D eigenvalue weighted by Gasteiger charge is 2.25. The van der Waals surface area contributed by atoms with Crippen molar-refractivity contribution in [1.29, 1.82) is 0 Å². The van der Waals surface area contributed by atoms with E-state index in [-0.39, 0.29) is 25.6 Å². The molecule has 0 bridgehead atoms. The van der Waals surface area contributed by atoms with Crippen molar-refractivity contribution in [2.45, 2.75) is 39.3 Å². The molecule has 0 fully saturated rings. The van der Waals surface area contributed by atoms with Gasteiger partial charge >= 0.3 is 18.0 Å². The molecular weight excluding hydrogens is 264 g/mol. The third-order valence-corrected chi connectivity index (χ3v) is 2.41. The zero-order valence-electron chi connectivity index (χ0n) is 11.9. The second-order valence-corrected chi connectivity index (χ2v) is 4.28. The van der Waals surface area contributed by atoms with Gasteiger partial charge in [0, 0.05) is 12.5 Å². The van der Waals surface area contributed by atoms with E-state index < -0.39 is 24.0 Å². The first kappa shape index (κ1) is 17.8. The Hall–Kier alpha value is -2.23. The quantitative estimate of drug-likeness (QED) is 0.522. The molecule has 1 unspecified atom stereocenters. The van der Waals surface area contributed by atoms with Crippen molar-refractivity contribution < 1.29 is 24.2 Å². The molecule has 2 amide bonds. The summed E-state index contributed by atoms with van der Waals surface area (Å²) in [6.07, 6.45) is 4.91. The third kappa shape index (κ3) is 6.09. The Morgan fingerprint density at radius 3 is 2.40 bits per heavy atom. The molecular formula is C13H20N2O5. The van der Waals surface area contributed by atoms with Gasteiger partial charge in [-0.05, 0) is 20.8 Å². The largest absolute Gasteiger partial charge is 0.480 e. The lowest BCUT2D eigenvalue weighted by molar-refractivity contribution is -0.144. The summed E-state index contributed by atoms with van der Waals surface area (Å²) in [6.45, 7) is 5.03. The number of nitrogens with one attached hydrogen (secondary N) is 1. The van der Waals surface area contributed by atoms with E-state index in [1.165, 1.54) is 4.90 Å². The average molecular weight is 284 g/mol. The number of terminal acetylenes is 1. The van der Waals surface area contributed by atoms with Gasteiger partial charge in [-0.15, -0.1) is 12.3 Å². The van der Waals surface area contributed by atoms with E-state index in [2.05, 4.69) is 11.2 Å². The van der Waals surface area contributed by atoms with Crippen molar-refractivity contribution >= 4 is 18.0 Å². The van der Waals surface area contributed by atoms with Crippen molar-refractivity contribution in [1.82, 2.24) is 10.2 Å². The fourth-order valence-electron chi connectivity index (χ4n) is 1.38. The SMILES string of the molecule is C#CCC(NC(=O)N(CC(=O)OCC)C(C)C)C(=O)O. The number of carboxylic acid groups (broad SMARTS) is 1. The molecule has 0 spiro atoms. The van der Waals surface area contributed by atoms with Crippen LogP contribution >= 0.6 is 0 Å². The highest BCUT2D eigenvalue weighted by Crippen LogP contribution is 2.02. The van der Waals surface area contributed by atoms with Crippen molar-refractivity contribution in [2.75, 3.05) is 13.2 Å². The van der Waals surface area contributed by atoms with Gasteiger partial charge in [-0.1, -0.05) is 0 Å². The van der Waals surface area contributed by atoms with E-state index in [0.717, 1.165) is 0 Å². The smallest absolute Gasteiger partial charge is 0.327 e. The minimum Gasteiger partial charge on any atom is -0.480 e. The van der Waals surface area contributed by atoms with E-state index >= 15 is 0 Å². The number of aliphatic carboxylic acids is 1. The lowest BCUT2D eigenvalue weighted by Gasteiger charge is -2.27. The maximum absolute atomic E-state index is 12.0. The topological polar surface area (TPSA) is 95.9 Å². The zero-order chi connectivity index (χ0) is 15.7. The number of rotatable bonds is 7. The zero-order valence-corrected chi connectivity index (χ0v) is 11.9. The summed E-state index contributed by atoms with van der Waals surface area (Å²) in [4.78, 5) is 35.5. The van der Waals surface area contributed by atoms with E-state index in [0.29, 0.717) is 0 Å². The number of nitrogens with zero attached hydrogens (tertiary/aromatic N) is 1. The average Bonchev–Trinajstić information content (AvgIpc) is 2.35. The minimum absolute atomic E-state index is 0.133. The molecule has 0 rings (SSSR count). The first-order valence-electron chi connectivity index (χ1n) is 6.22. The Bertz CT molecular complexity index is 400. The summed E-state index contributed by atoms with van der Waals surface area (Å²) in [5.41, 5.74) is 0. The first-order chi connectivity index (χ1) is 9.33. The number of carboxylic acids is 1. The summed E-state index contributed by atoms with van der Waals surface area (Å²) in [7, 11) is 0. The van der Waals surface area contributed by atoms with Gasteiger partial charge in [-0.25, -0.2) is 9.59 Å². The van der Waals surface area contributed by atoms with Gasteiger partial charge in [0.2, 0.25) is 0 Å². The maximum atomic E-state index is 12.0. The molecule has 2 N–H and O–H groups in total. The van der Waals surface area contributed by atoms with Crippen molar-refractivity contribution in [3.63, 3.8) is 0 Å². The molecule has 7 heteroatoms. The second kappa shape index (κ2) is 8.80. The molecule has 1 atom stereocenters. The number of ether oxygens (including phenoxy) is 1. The molecule has 0 saturated carbocycles. The van der Waals surface area contributed by atoms with Crippen LogP contribution in [0, 0.1) is 12.3 Å². The van der Waals surface area contributed by atoms with Gasteiger partial charge in [-0.2, -0.15) is 0 Å². The van der Waals surface area contributed by atoms with Crippen LogP contribution in [0.5, 0.6) is 0 Å². The molecule has 112 valence electrons. The Morgan fingerprint density at radius 2 is 2.00 bits per heavy atom. The highest BCUT2D eigenvalue weighted by molar-refractivity contribution is 5.85. The second-order valence-electron chi connectivity index (χ2n) is 4.28. The van der Waals surface area contributed by atoms with Gasteiger partial charge in [0.05, 0.1) is 6.61 Å². The van der Waals surface area contributed by atoms with Crippen LogP contribution in [0.25, 0.3) is 0 Å². The van der Waals surface area contributed by atoms with Gasteiger partial charge < -0.3 is 20.1 Å². The molecule has 0 heterocycles. The van der Waals surface area contributed by atoms with Gasteiger partial charge in [0.25, 0.3) is 0 Å². The number of urea groups is 1. The normalized spacial score (nSPS) is 11.3. The van der Waals surface area contributed by atoms with E-state index in [9.17, 15) is 14.4 Å². The Balaban J connectivity index is 4.76. The maximum Gasteiger partial charge on any atom is 0.327 e. The van der Waals surface area contributed by atoms with Crippen LogP contribution in [0.4, 0.5) is 4.79 Å². The number of hydrogen-bond acceptors (Lipinski definition) is 4. The number of carbonyl (C=O) groups is 3. The molecule has 0 aromatic rings. The molecule has 7 nitrogen and oxygen atoms in total. The lowest BCUT2D eigenvalue weighted by Crippen LogP contribution is -2.51. The van der Waals surface area contributed by atoms with Gasteiger partial charge in [-0.3, -0.25) is 4.79 Å². The van der Waals surface area contributed by atoms with Crippen LogP contribution in [0.1, 0.15) is 27.2 Å². The van der Waals surface area contributed by atoms with E-state index in [1.54, 1.807) is 20.8 Å². The van der Waals surface area contributed by atoms with Crippen molar-refractivity contribution in [3.05, 3.63) is 0 Å². The van der Waals surface area contributed by atoms with Crippen molar-refractivity contribution in [3.8, 4) is 12.3 Å². The lowest BCUT2D eigenvalue weighted by atomic mass is 10.2. The molecule has 0 aliphatic heterocycles. The standard InChI is InChI=1S/C13H20N2O5/c1-5-7-10(12(17)18)14-13(19)15(9(3)4)8-11(16)20-6-2/h1,9-10H,6-8H2,2-4H3,(H,14,19)(H,17,18). The van der Waals surface area contributed by atoms with Crippen LogP contribution in [-0.2, 0) is 14.3 Å². The molecule has 0 saturated heterocycles. The van der Waals surface area contributed by atoms with Gasteiger partial charge in [0.1, 0.15) is 12.6 Å². The van der Waals surface area contributed by atoms with Crippen LogP contribution < -0.4 is 5.32 Å². The van der Waals surface area contributed by atoms with Gasteiger partial charge in [0.15, 0.2) is 0 Å². The fraction of sp³-hybridized carbons (Fsp3) is 0.615. The molecule has 0 aliphatic rings. The first-order valence-corrected chi connectivity index (χ1v) is 6.22. The van der Waals surface area contributed by atoms with E-state index in [4.69, 9.17) is 16.3 Å². The Morgan fingerprint density at radius 1 is 1.40 bits per heavy atom. The van der Waals surface area contributed by atoms with Crippen LogP contribution in [0.3, 0.4) is 0 Å². The molecule has 0 aromatic heterocycles. The summed E-state index contributed by atoms with van der Waals surface area (Å²) in [5.74, 6) is 0.397. The monoisotopic (exact) mass is 284 g/mol.